The van der Waals surface area contributed by atoms with Crippen LogP contribution in [0.3, 0.4) is 0 Å². The van der Waals surface area contributed by atoms with Gasteiger partial charge in [0.25, 0.3) is 5.91 Å². The van der Waals surface area contributed by atoms with Crippen molar-refractivity contribution in [2.75, 3.05) is 19.4 Å². The minimum absolute atomic E-state index is 0.0297. The number of rotatable bonds is 5. The molecule has 0 spiro atoms. The molecule has 23 heavy (non-hydrogen) atoms. The van der Waals surface area contributed by atoms with Crippen molar-refractivity contribution in [1.82, 2.24) is 4.31 Å². The molecule has 2 rings (SSSR count). The fourth-order valence-electron chi connectivity index (χ4n) is 1.85. The SMILES string of the molecule is CCc1ccc(C(=O)Nc2cc(S(=O)(=O)N(C)C)ccc2F)o1. The quantitative estimate of drug-likeness (QED) is 0.907. The average molecular weight is 340 g/mol. The zero-order valence-electron chi connectivity index (χ0n) is 13.0. The summed E-state index contributed by atoms with van der Waals surface area (Å²) < 4.78 is 44.3. The lowest BCUT2D eigenvalue weighted by Gasteiger charge is -2.13. The summed E-state index contributed by atoms with van der Waals surface area (Å²) >= 11 is 0. The van der Waals surface area contributed by atoms with Gasteiger partial charge in [-0.1, -0.05) is 6.92 Å². The highest BCUT2D eigenvalue weighted by Crippen LogP contribution is 2.22. The van der Waals surface area contributed by atoms with E-state index in [0.717, 1.165) is 22.5 Å². The summed E-state index contributed by atoms with van der Waals surface area (Å²) in [6.45, 7) is 1.87. The number of furan rings is 1. The van der Waals surface area contributed by atoms with Crippen LogP contribution < -0.4 is 5.32 Å². The van der Waals surface area contributed by atoms with E-state index in [1.165, 1.54) is 20.2 Å². The van der Waals surface area contributed by atoms with Crippen LogP contribution in [0.15, 0.2) is 39.6 Å². The number of aryl methyl sites for hydroxylation is 1. The number of benzene rings is 1. The molecule has 0 atom stereocenters. The lowest BCUT2D eigenvalue weighted by Crippen LogP contribution is -2.22. The molecule has 0 aliphatic heterocycles. The fourth-order valence-corrected chi connectivity index (χ4v) is 2.77. The Bertz CT molecular complexity index is 828. The third kappa shape index (κ3) is 3.59. The number of carbonyl (C=O) groups is 1. The van der Waals surface area contributed by atoms with Crippen LogP contribution in [0.25, 0.3) is 0 Å². The molecule has 124 valence electrons. The van der Waals surface area contributed by atoms with Crippen molar-refractivity contribution in [2.24, 2.45) is 0 Å². The van der Waals surface area contributed by atoms with Gasteiger partial charge in [0.2, 0.25) is 10.0 Å². The van der Waals surface area contributed by atoms with Crippen LogP contribution >= 0.6 is 0 Å². The Hall–Kier alpha value is -2.19. The molecule has 0 saturated heterocycles. The van der Waals surface area contributed by atoms with Crippen molar-refractivity contribution in [3.05, 3.63) is 47.7 Å². The molecule has 6 nitrogen and oxygen atoms in total. The predicted octanol–water partition coefficient (Wildman–Crippen LogP) is 2.48. The molecule has 0 bridgehead atoms. The third-order valence-corrected chi connectivity index (χ3v) is 5.01. The van der Waals surface area contributed by atoms with Gasteiger partial charge >= 0.3 is 0 Å². The summed E-state index contributed by atoms with van der Waals surface area (Å²) in [5.41, 5.74) is -0.229. The Balaban J connectivity index is 2.31. The molecule has 0 aliphatic carbocycles. The zero-order chi connectivity index (χ0) is 17.2. The molecule has 1 aromatic heterocycles. The van der Waals surface area contributed by atoms with E-state index < -0.39 is 21.7 Å². The van der Waals surface area contributed by atoms with Crippen LogP contribution in [0.1, 0.15) is 23.2 Å². The van der Waals surface area contributed by atoms with E-state index in [1.54, 1.807) is 6.07 Å². The Morgan fingerprint density at radius 2 is 1.96 bits per heavy atom. The topological polar surface area (TPSA) is 79.6 Å². The number of nitrogens with zero attached hydrogens (tertiary/aromatic N) is 1. The van der Waals surface area contributed by atoms with Gasteiger partial charge in [0.05, 0.1) is 10.6 Å². The van der Waals surface area contributed by atoms with Gasteiger partial charge in [-0.2, -0.15) is 0 Å². The fraction of sp³-hybridized carbons (Fsp3) is 0.267. The zero-order valence-corrected chi connectivity index (χ0v) is 13.8. The second-order valence-electron chi connectivity index (χ2n) is 5.00. The standard InChI is InChI=1S/C15H17FN2O4S/c1-4-10-5-8-14(22-10)15(19)17-13-9-11(6-7-12(13)16)23(20,21)18(2)3/h5-9H,4H2,1-3H3,(H,17,19). The van der Waals surface area contributed by atoms with Gasteiger partial charge in [-0.05, 0) is 30.3 Å². The van der Waals surface area contributed by atoms with Gasteiger partial charge in [-0.15, -0.1) is 0 Å². The van der Waals surface area contributed by atoms with Gasteiger partial charge in [-0.25, -0.2) is 17.1 Å². The van der Waals surface area contributed by atoms with Crippen LogP contribution in [0, 0.1) is 5.82 Å². The van der Waals surface area contributed by atoms with E-state index in [2.05, 4.69) is 5.32 Å². The number of amides is 1. The molecule has 1 aromatic carbocycles. The Kier molecular flexibility index (Phi) is 4.86. The van der Waals surface area contributed by atoms with E-state index in [-0.39, 0.29) is 16.3 Å². The summed E-state index contributed by atoms with van der Waals surface area (Å²) in [7, 11) is -0.990. The first kappa shape index (κ1) is 17.2. The number of carbonyl (C=O) groups excluding carboxylic acids is 1. The van der Waals surface area contributed by atoms with E-state index in [4.69, 9.17) is 4.42 Å². The highest BCUT2D eigenvalue weighted by Gasteiger charge is 2.20. The lowest BCUT2D eigenvalue weighted by molar-refractivity contribution is 0.0994. The lowest BCUT2D eigenvalue weighted by atomic mass is 10.3. The monoisotopic (exact) mass is 340 g/mol. The van der Waals surface area contributed by atoms with E-state index in [9.17, 15) is 17.6 Å². The van der Waals surface area contributed by atoms with Crippen LogP contribution in [0.4, 0.5) is 10.1 Å². The van der Waals surface area contributed by atoms with Crippen LogP contribution in [-0.4, -0.2) is 32.7 Å². The normalized spacial score (nSPS) is 11.7. The van der Waals surface area contributed by atoms with Crippen molar-refractivity contribution in [3.8, 4) is 0 Å². The molecular formula is C15H17FN2O4S. The number of nitrogens with one attached hydrogen (secondary N) is 1. The third-order valence-electron chi connectivity index (χ3n) is 3.20. The minimum atomic E-state index is -3.72. The van der Waals surface area contributed by atoms with Crippen molar-refractivity contribution in [1.29, 1.82) is 0 Å². The Morgan fingerprint density at radius 1 is 1.26 bits per heavy atom. The summed E-state index contributed by atoms with van der Waals surface area (Å²) in [6.07, 6.45) is 0.623. The second-order valence-corrected chi connectivity index (χ2v) is 7.15. The molecule has 0 aliphatic rings. The first-order valence-corrected chi connectivity index (χ1v) is 8.32. The Morgan fingerprint density at radius 3 is 2.52 bits per heavy atom. The first-order chi connectivity index (χ1) is 10.8. The number of sulfonamides is 1. The number of halogens is 1. The summed E-state index contributed by atoms with van der Waals surface area (Å²) in [5, 5.41) is 2.32. The maximum Gasteiger partial charge on any atom is 0.291 e. The molecule has 1 N–H and O–H groups in total. The maximum atomic E-state index is 13.9. The van der Waals surface area contributed by atoms with Crippen molar-refractivity contribution >= 4 is 21.6 Å². The summed E-state index contributed by atoms with van der Waals surface area (Å²) in [6, 6.07) is 6.34. The predicted molar refractivity (Wildman–Crippen MR) is 83.3 cm³/mol. The van der Waals surface area contributed by atoms with Gasteiger partial charge < -0.3 is 9.73 Å². The molecule has 0 saturated carbocycles. The summed E-state index contributed by atoms with van der Waals surface area (Å²) in [4.78, 5) is 11.9. The minimum Gasteiger partial charge on any atom is -0.456 e. The van der Waals surface area contributed by atoms with Crippen LogP contribution in [0.5, 0.6) is 0 Å². The molecule has 1 amide bonds. The highest BCUT2D eigenvalue weighted by molar-refractivity contribution is 7.89. The Labute approximate surface area is 134 Å². The first-order valence-electron chi connectivity index (χ1n) is 6.88. The smallest absolute Gasteiger partial charge is 0.291 e. The molecule has 0 radical (unpaired) electrons. The van der Waals surface area contributed by atoms with Crippen molar-refractivity contribution in [2.45, 2.75) is 18.2 Å². The van der Waals surface area contributed by atoms with E-state index >= 15 is 0 Å². The molecule has 2 aromatic rings. The van der Waals surface area contributed by atoms with Crippen molar-refractivity contribution in [3.63, 3.8) is 0 Å². The summed E-state index contributed by atoms with van der Waals surface area (Å²) in [5.74, 6) is -0.733. The van der Waals surface area contributed by atoms with Crippen LogP contribution in [-0.2, 0) is 16.4 Å². The largest absolute Gasteiger partial charge is 0.456 e. The maximum absolute atomic E-state index is 13.9. The van der Waals surface area contributed by atoms with E-state index in [0.29, 0.717) is 12.2 Å². The molecule has 8 heteroatoms. The number of anilines is 1. The number of hydrogen-bond acceptors (Lipinski definition) is 4. The van der Waals surface area contributed by atoms with Gasteiger partial charge in [0.15, 0.2) is 5.76 Å². The molecular weight excluding hydrogens is 323 g/mol. The second kappa shape index (κ2) is 6.51. The van der Waals surface area contributed by atoms with Gasteiger partial charge in [0, 0.05) is 20.5 Å². The highest BCUT2D eigenvalue weighted by atomic mass is 32.2. The average Bonchev–Trinajstić information content (AvgIpc) is 2.98. The molecule has 0 fully saturated rings. The van der Waals surface area contributed by atoms with Crippen LogP contribution in [0.2, 0.25) is 0 Å². The number of hydrogen-bond donors (Lipinski definition) is 1. The van der Waals surface area contributed by atoms with Gasteiger partial charge in [0.1, 0.15) is 11.6 Å². The van der Waals surface area contributed by atoms with Crippen molar-refractivity contribution < 1.29 is 22.0 Å². The van der Waals surface area contributed by atoms with E-state index in [1.807, 2.05) is 6.92 Å². The molecule has 0 unspecified atom stereocenters. The molecule has 1 heterocycles. The van der Waals surface area contributed by atoms with Gasteiger partial charge in [-0.3, -0.25) is 4.79 Å².